The van der Waals surface area contributed by atoms with Gasteiger partial charge in [-0.15, -0.1) is 4.59 Å². The molecule has 8 heteroatoms. The van der Waals surface area contributed by atoms with Gasteiger partial charge in [-0.1, -0.05) is 16.7 Å². The van der Waals surface area contributed by atoms with Crippen molar-refractivity contribution in [2.24, 2.45) is 5.10 Å². The number of amidine groups is 1. The van der Waals surface area contributed by atoms with E-state index in [1.807, 2.05) is 25.4 Å². The number of hydrogen-bond donors (Lipinski definition) is 3. The number of nitrogens with one attached hydrogen (secondary N) is 2. The summed E-state index contributed by atoms with van der Waals surface area (Å²) in [5.41, 5.74) is 4.51. The van der Waals surface area contributed by atoms with E-state index in [4.69, 9.17) is 17.0 Å². The lowest BCUT2D eigenvalue weighted by atomic mass is 10.3. The zero-order valence-corrected chi connectivity index (χ0v) is 13.6. The maximum absolute atomic E-state index is 8.08. The lowest BCUT2D eigenvalue weighted by Crippen LogP contribution is -2.41. The molecule has 0 spiro atoms. The molecule has 0 saturated heterocycles. The van der Waals surface area contributed by atoms with E-state index in [1.165, 1.54) is 0 Å². The predicted molar refractivity (Wildman–Crippen MR) is 90.4 cm³/mol. The Labute approximate surface area is 134 Å². The van der Waals surface area contributed by atoms with Crippen LogP contribution in [0.2, 0.25) is 0 Å². The fraction of sp³-hybridized carbons (Fsp3) is 0.308. The van der Waals surface area contributed by atoms with E-state index in [2.05, 4.69) is 28.1 Å². The highest BCUT2D eigenvalue weighted by molar-refractivity contribution is 7.80. The monoisotopic (exact) mass is 325 g/mol. The van der Waals surface area contributed by atoms with Crippen LogP contribution in [0.4, 0.5) is 5.69 Å². The van der Waals surface area contributed by atoms with Crippen molar-refractivity contribution in [3.63, 3.8) is 0 Å². The van der Waals surface area contributed by atoms with Crippen molar-refractivity contribution in [2.75, 3.05) is 19.8 Å². The number of pyridine rings is 1. The third-order valence-corrected chi connectivity index (χ3v) is 3.63. The number of halogens is 1. The molecular formula is C13H18ClN6S+. The Morgan fingerprint density at radius 1 is 1.57 bits per heavy atom. The zero-order chi connectivity index (χ0) is 15.5. The first-order valence-corrected chi connectivity index (χ1v) is 7.44. The first-order chi connectivity index (χ1) is 10.0. The lowest BCUT2D eigenvalue weighted by molar-refractivity contribution is 0.416. The van der Waals surface area contributed by atoms with Crippen LogP contribution >= 0.6 is 24.2 Å². The summed E-state index contributed by atoms with van der Waals surface area (Å²) in [7, 11) is 3.65. The largest absolute Gasteiger partial charge is 0.287 e. The first-order valence-electron chi connectivity index (χ1n) is 6.43. The molecule has 2 N–H and O–H groups in total. The first kappa shape index (κ1) is 16.0. The van der Waals surface area contributed by atoms with E-state index in [9.17, 15) is 0 Å². The molecular weight excluding hydrogens is 308 g/mol. The van der Waals surface area contributed by atoms with E-state index >= 15 is 0 Å². The summed E-state index contributed by atoms with van der Waals surface area (Å²) < 4.78 is 0.161. The molecule has 1 unspecified atom stereocenters. The van der Waals surface area contributed by atoms with Gasteiger partial charge in [0.15, 0.2) is 17.6 Å². The van der Waals surface area contributed by atoms with Crippen LogP contribution in [-0.4, -0.2) is 40.8 Å². The number of aromatic nitrogens is 1. The molecule has 1 aliphatic heterocycles. The van der Waals surface area contributed by atoms with Crippen molar-refractivity contribution in [3.8, 4) is 0 Å². The molecule has 1 aromatic rings. The molecule has 2 heterocycles. The Bertz CT molecular complexity index is 588. The molecule has 0 saturated carbocycles. The molecule has 0 fully saturated rings. The summed E-state index contributed by atoms with van der Waals surface area (Å²) in [5, 5.41) is 14.5. The molecule has 21 heavy (non-hydrogen) atoms. The van der Waals surface area contributed by atoms with Gasteiger partial charge in [0.25, 0.3) is 0 Å². The molecule has 0 aromatic carbocycles. The van der Waals surface area contributed by atoms with Gasteiger partial charge in [-0.05, 0) is 11.8 Å². The van der Waals surface area contributed by atoms with Crippen molar-refractivity contribution >= 4 is 40.9 Å². The van der Waals surface area contributed by atoms with Crippen molar-refractivity contribution in [3.05, 3.63) is 36.4 Å². The van der Waals surface area contributed by atoms with Crippen LogP contribution in [0.5, 0.6) is 0 Å². The van der Waals surface area contributed by atoms with Gasteiger partial charge in [0.1, 0.15) is 12.9 Å². The van der Waals surface area contributed by atoms with E-state index in [0.717, 1.165) is 5.69 Å². The van der Waals surface area contributed by atoms with Crippen LogP contribution in [0.3, 0.4) is 0 Å². The molecule has 0 aliphatic carbocycles. The molecule has 1 aliphatic rings. The van der Waals surface area contributed by atoms with Crippen molar-refractivity contribution in [2.45, 2.75) is 6.42 Å². The minimum Gasteiger partial charge on any atom is -0.287 e. The Morgan fingerprint density at radius 2 is 2.33 bits per heavy atom. The normalized spacial score (nSPS) is 21.0. The van der Waals surface area contributed by atoms with Gasteiger partial charge in [0.2, 0.25) is 5.17 Å². The van der Waals surface area contributed by atoms with Crippen molar-refractivity contribution in [1.29, 1.82) is 5.41 Å². The number of rotatable bonds is 5. The standard InChI is InChI=1S/C13H17ClN6S/c1-16-19(12(15)5-7-21)11-9-20(2,18-13(11)14)10-4-3-6-17-8-10/h3-4,6,8-9,15-16H,5,7H2,1-2H3/p+1. The molecule has 1 aromatic heterocycles. The topological polar surface area (TPSA) is 64.4 Å². The second-order valence-electron chi connectivity index (χ2n) is 4.62. The molecule has 0 bridgehead atoms. The van der Waals surface area contributed by atoms with Gasteiger partial charge >= 0.3 is 0 Å². The Kier molecular flexibility index (Phi) is 5.00. The molecule has 2 rings (SSSR count). The van der Waals surface area contributed by atoms with Crippen LogP contribution in [-0.2, 0) is 0 Å². The van der Waals surface area contributed by atoms with Crippen molar-refractivity contribution < 1.29 is 0 Å². The van der Waals surface area contributed by atoms with Gasteiger partial charge in [0.05, 0.1) is 6.20 Å². The highest BCUT2D eigenvalue weighted by Crippen LogP contribution is 2.30. The third kappa shape index (κ3) is 3.26. The number of hydrogen-bond acceptors (Lipinski definition) is 5. The van der Waals surface area contributed by atoms with E-state index < -0.39 is 0 Å². The van der Waals surface area contributed by atoms with Gasteiger partial charge in [-0.25, -0.2) is 5.43 Å². The summed E-state index contributed by atoms with van der Waals surface area (Å²) in [6, 6.07) is 3.79. The number of hydrazine groups is 1. The molecule has 6 nitrogen and oxygen atoms in total. The molecule has 1 atom stereocenters. The van der Waals surface area contributed by atoms with Gasteiger partial charge in [0, 0.05) is 25.7 Å². The van der Waals surface area contributed by atoms with Crippen LogP contribution < -0.4 is 10.0 Å². The summed E-state index contributed by atoms with van der Waals surface area (Å²) in [6.07, 6.45) is 5.87. The molecule has 0 amide bonds. The number of thiol groups is 1. The number of allylic oxidation sites excluding steroid dienone is 1. The van der Waals surface area contributed by atoms with Gasteiger partial charge < -0.3 is 0 Å². The maximum atomic E-state index is 8.08. The zero-order valence-electron chi connectivity index (χ0n) is 11.9. The SMILES string of the molecule is CNN(C(=N)CCS)C1=C[N+](C)(c2cccnc2)N=C1Cl. The number of nitrogens with zero attached hydrogens (tertiary/aromatic N) is 4. The fourth-order valence-corrected chi connectivity index (χ4v) is 2.58. The van der Waals surface area contributed by atoms with Gasteiger partial charge in [-0.2, -0.15) is 12.6 Å². The minimum atomic E-state index is 0.161. The second-order valence-corrected chi connectivity index (χ2v) is 5.43. The predicted octanol–water partition coefficient (Wildman–Crippen LogP) is 2.16. The molecule has 0 radical (unpaired) electrons. The quantitative estimate of drug-likeness (QED) is 0.255. The van der Waals surface area contributed by atoms with Crippen LogP contribution in [0.25, 0.3) is 0 Å². The average Bonchev–Trinajstić information content (AvgIpc) is 2.78. The van der Waals surface area contributed by atoms with Gasteiger partial charge in [-0.3, -0.25) is 15.4 Å². The summed E-state index contributed by atoms with van der Waals surface area (Å²) >= 11 is 10.4. The Balaban J connectivity index is 2.36. The Hall–Kier alpha value is -1.41. The highest BCUT2D eigenvalue weighted by Gasteiger charge is 2.36. The lowest BCUT2D eigenvalue weighted by Gasteiger charge is -2.23. The van der Waals surface area contributed by atoms with E-state index in [0.29, 0.717) is 28.9 Å². The highest BCUT2D eigenvalue weighted by atomic mass is 35.5. The number of quaternary nitrogens is 1. The van der Waals surface area contributed by atoms with Crippen LogP contribution in [0, 0.1) is 5.41 Å². The van der Waals surface area contributed by atoms with Crippen LogP contribution in [0.1, 0.15) is 6.42 Å². The summed E-state index contributed by atoms with van der Waals surface area (Å²) in [5.74, 6) is 0.972. The summed E-state index contributed by atoms with van der Waals surface area (Å²) in [6.45, 7) is 0. The summed E-state index contributed by atoms with van der Waals surface area (Å²) in [4.78, 5) is 4.12. The Morgan fingerprint density at radius 3 is 2.90 bits per heavy atom. The van der Waals surface area contributed by atoms with E-state index in [1.54, 1.807) is 24.5 Å². The average molecular weight is 326 g/mol. The second kappa shape index (κ2) is 6.57. The smallest absolute Gasteiger partial charge is 0.216 e. The maximum Gasteiger partial charge on any atom is 0.216 e. The third-order valence-electron chi connectivity index (χ3n) is 3.13. The van der Waals surface area contributed by atoms with Crippen molar-refractivity contribution in [1.82, 2.24) is 20.0 Å². The van der Waals surface area contributed by atoms with Crippen LogP contribution in [0.15, 0.2) is 41.5 Å². The van der Waals surface area contributed by atoms with E-state index in [-0.39, 0.29) is 4.59 Å². The molecule has 112 valence electrons. The minimum absolute atomic E-state index is 0.161. The fourth-order valence-electron chi connectivity index (χ4n) is 2.08.